The van der Waals surface area contributed by atoms with Crippen LogP contribution in [0.5, 0.6) is 0 Å². The molecular formula is C23H29N5O2. The highest BCUT2D eigenvalue weighted by atomic mass is 16.2. The quantitative estimate of drug-likeness (QED) is 0.717. The minimum Gasteiger partial charge on any atom is -0.383 e. The fraction of sp³-hybridized carbons (Fsp3) is 0.435. The Morgan fingerprint density at radius 1 is 1.23 bits per heavy atom. The highest BCUT2D eigenvalue weighted by Gasteiger charge is 2.31. The van der Waals surface area contributed by atoms with Crippen molar-refractivity contribution in [2.45, 2.75) is 57.0 Å². The molecule has 4 rings (SSSR count). The van der Waals surface area contributed by atoms with Gasteiger partial charge in [0.25, 0.3) is 5.91 Å². The lowest BCUT2D eigenvalue weighted by atomic mass is 9.81. The van der Waals surface area contributed by atoms with E-state index < -0.39 is 5.91 Å². The standard InChI is InChI=1S/C23H29N5O2/c1-2-19(29)27-12-5-8-18(27)11-13-28-22(24)20(23(25)30)21(26-28)17-10-9-15-6-3-4-7-16(15)14-17/h2-4,6-7,17-18H,1,5,8-14,24H2,(H2,25,30). The first-order chi connectivity index (χ1) is 14.5. The number of nitrogens with two attached hydrogens (primary N) is 2. The molecule has 0 radical (unpaired) electrons. The van der Waals surface area contributed by atoms with Crippen molar-refractivity contribution >= 4 is 17.6 Å². The smallest absolute Gasteiger partial charge is 0.254 e. The van der Waals surface area contributed by atoms with Crippen LogP contribution in [-0.4, -0.2) is 39.1 Å². The van der Waals surface area contributed by atoms with Crippen molar-refractivity contribution < 1.29 is 9.59 Å². The van der Waals surface area contributed by atoms with Gasteiger partial charge < -0.3 is 16.4 Å². The minimum atomic E-state index is -0.531. The van der Waals surface area contributed by atoms with E-state index in [1.54, 1.807) is 4.68 Å². The summed E-state index contributed by atoms with van der Waals surface area (Å²) in [5, 5.41) is 4.75. The second-order valence-corrected chi connectivity index (χ2v) is 8.26. The van der Waals surface area contributed by atoms with E-state index in [2.05, 4.69) is 24.8 Å². The molecule has 2 amide bonds. The molecule has 30 heavy (non-hydrogen) atoms. The van der Waals surface area contributed by atoms with Crippen LogP contribution >= 0.6 is 0 Å². The maximum absolute atomic E-state index is 12.2. The Bertz CT molecular complexity index is 980. The number of aryl methyl sites for hydroxylation is 2. The summed E-state index contributed by atoms with van der Waals surface area (Å²) < 4.78 is 1.70. The van der Waals surface area contributed by atoms with Crippen LogP contribution in [0.4, 0.5) is 5.82 Å². The zero-order valence-corrected chi connectivity index (χ0v) is 17.2. The summed E-state index contributed by atoms with van der Waals surface area (Å²) >= 11 is 0. The van der Waals surface area contributed by atoms with Gasteiger partial charge in [0.2, 0.25) is 5.91 Å². The van der Waals surface area contributed by atoms with Gasteiger partial charge in [-0.25, -0.2) is 4.68 Å². The van der Waals surface area contributed by atoms with Crippen LogP contribution in [-0.2, 0) is 24.2 Å². The SMILES string of the molecule is C=CC(=O)N1CCCC1CCn1nc(C2CCc3ccccc3C2)c(C(N)=O)c1N. The van der Waals surface area contributed by atoms with Gasteiger partial charge in [-0.2, -0.15) is 5.10 Å². The summed E-state index contributed by atoms with van der Waals surface area (Å²) in [6.07, 6.45) is 6.73. The fourth-order valence-electron chi connectivity index (χ4n) is 4.95. The molecule has 1 aromatic carbocycles. The summed E-state index contributed by atoms with van der Waals surface area (Å²) in [5.74, 6) is -0.116. The molecule has 1 fully saturated rings. The topological polar surface area (TPSA) is 107 Å². The summed E-state index contributed by atoms with van der Waals surface area (Å²) in [6, 6.07) is 8.54. The number of rotatable bonds is 6. The summed E-state index contributed by atoms with van der Waals surface area (Å²) in [5.41, 5.74) is 15.7. The predicted octanol–water partition coefficient (Wildman–Crippen LogP) is 2.40. The number of carbonyl (C=O) groups is 2. The van der Waals surface area contributed by atoms with Crippen LogP contribution in [0.25, 0.3) is 0 Å². The lowest BCUT2D eigenvalue weighted by Crippen LogP contribution is -2.35. The normalized spacial score (nSPS) is 20.7. The number of likely N-dealkylation sites (tertiary alicyclic amines) is 1. The number of primary amides is 1. The number of anilines is 1. The number of aromatic nitrogens is 2. The first-order valence-corrected chi connectivity index (χ1v) is 10.7. The molecule has 2 unspecified atom stereocenters. The van der Waals surface area contributed by atoms with Crippen LogP contribution in [0, 0.1) is 0 Å². The third-order valence-corrected chi connectivity index (χ3v) is 6.51. The molecule has 7 heteroatoms. The van der Waals surface area contributed by atoms with E-state index >= 15 is 0 Å². The molecule has 2 aromatic rings. The van der Waals surface area contributed by atoms with Gasteiger partial charge in [0.1, 0.15) is 11.4 Å². The average Bonchev–Trinajstić information content (AvgIpc) is 3.35. The first kappa shape index (κ1) is 20.2. The molecular weight excluding hydrogens is 378 g/mol. The molecule has 2 atom stereocenters. The number of amides is 2. The van der Waals surface area contributed by atoms with E-state index in [-0.39, 0.29) is 17.9 Å². The van der Waals surface area contributed by atoms with Gasteiger partial charge in [0.05, 0.1) is 5.69 Å². The predicted molar refractivity (Wildman–Crippen MR) is 116 cm³/mol. The van der Waals surface area contributed by atoms with Gasteiger partial charge >= 0.3 is 0 Å². The van der Waals surface area contributed by atoms with E-state index in [9.17, 15) is 9.59 Å². The zero-order chi connectivity index (χ0) is 21.3. The number of benzene rings is 1. The van der Waals surface area contributed by atoms with Gasteiger partial charge in [0, 0.05) is 25.0 Å². The maximum atomic E-state index is 12.2. The van der Waals surface area contributed by atoms with Crippen molar-refractivity contribution in [2.24, 2.45) is 5.73 Å². The van der Waals surface area contributed by atoms with E-state index in [0.29, 0.717) is 23.6 Å². The van der Waals surface area contributed by atoms with E-state index in [1.165, 1.54) is 17.2 Å². The first-order valence-electron chi connectivity index (χ1n) is 10.7. The molecule has 1 aromatic heterocycles. The zero-order valence-electron chi connectivity index (χ0n) is 17.2. The number of hydrogen-bond acceptors (Lipinski definition) is 4. The van der Waals surface area contributed by atoms with Gasteiger partial charge in [-0.05, 0) is 55.7 Å². The van der Waals surface area contributed by atoms with E-state index in [1.807, 2.05) is 11.0 Å². The molecule has 7 nitrogen and oxygen atoms in total. The Morgan fingerprint density at radius 2 is 2.00 bits per heavy atom. The van der Waals surface area contributed by atoms with Gasteiger partial charge in [-0.1, -0.05) is 30.8 Å². The molecule has 4 N–H and O–H groups in total. The second-order valence-electron chi connectivity index (χ2n) is 8.26. The highest BCUT2D eigenvalue weighted by molar-refractivity contribution is 5.98. The molecule has 158 valence electrons. The van der Waals surface area contributed by atoms with Crippen molar-refractivity contribution in [3.63, 3.8) is 0 Å². The molecule has 2 heterocycles. The minimum absolute atomic E-state index is 0.0367. The Balaban J connectivity index is 1.55. The van der Waals surface area contributed by atoms with Crippen LogP contribution in [0.15, 0.2) is 36.9 Å². The Hall–Kier alpha value is -3.09. The van der Waals surface area contributed by atoms with Crippen molar-refractivity contribution in [1.29, 1.82) is 0 Å². The average molecular weight is 408 g/mol. The maximum Gasteiger partial charge on any atom is 0.254 e. The summed E-state index contributed by atoms with van der Waals surface area (Å²) in [6.45, 7) is 4.89. The summed E-state index contributed by atoms with van der Waals surface area (Å²) in [7, 11) is 0. The number of nitrogens with zero attached hydrogens (tertiary/aromatic N) is 3. The lowest BCUT2D eigenvalue weighted by Gasteiger charge is -2.24. The van der Waals surface area contributed by atoms with E-state index in [4.69, 9.17) is 16.6 Å². The number of fused-ring (bicyclic) bond motifs is 1. The van der Waals surface area contributed by atoms with Crippen molar-refractivity contribution in [3.05, 3.63) is 59.3 Å². The Labute approximate surface area is 176 Å². The number of hydrogen-bond donors (Lipinski definition) is 2. The Kier molecular flexibility index (Phi) is 5.61. The Morgan fingerprint density at radius 3 is 2.73 bits per heavy atom. The van der Waals surface area contributed by atoms with Crippen LogP contribution in [0.2, 0.25) is 0 Å². The number of nitrogen functional groups attached to an aromatic ring is 1. The monoisotopic (exact) mass is 407 g/mol. The van der Waals surface area contributed by atoms with Crippen molar-refractivity contribution in [1.82, 2.24) is 14.7 Å². The van der Waals surface area contributed by atoms with Crippen LogP contribution in [0.1, 0.15) is 58.8 Å². The van der Waals surface area contributed by atoms with Gasteiger partial charge in [0.15, 0.2) is 0 Å². The summed E-state index contributed by atoms with van der Waals surface area (Å²) in [4.78, 5) is 26.1. The lowest BCUT2D eigenvalue weighted by molar-refractivity contribution is -0.126. The fourth-order valence-corrected chi connectivity index (χ4v) is 4.95. The third kappa shape index (κ3) is 3.72. The molecule has 0 saturated carbocycles. The number of carbonyl (C=O) groups excluding carboxylic acids is 2. The molecule has 0 spiro atoms. The van der Waals surface area contributed by atoms with Gasteiger partial charge in [-0.3, -0.25) is 9.59 Å². The van der Waals surface area contributed by atoms with Crippen molar-refractivity contribution in [2.75, 3.05) is 12.3 Å². The van der Waals surface area contributed by atoms with Crippen LogP contribution < -0.4 is 11.5 Å². The largest absolute Gasteiger partial charge is 0.383 e. The molecule has 2 aliphatic rings. The van der Waals surface area contributed by atoms with E-state index in [0.717, 1.165) is 45.1 Å². The molecule has 1 saturated heterocycles. The van der Waals surface area contributed by atoms with Crippen molar-refractivity contribution in [3.8, 4) is 0 Å². The van der Waals surface area contributed by atoms with Gasteiger partial charge in [-0.15, -0.1) is 0 Å². The third-order valence-electron chi connectivity index (χ3n) is 6.51. The molecule has 1 aliphatic carbocycles. The molecule has 0 bridgehead atoms. The molecule has 1 aliphatic heterocycles. The van der Waals surface area contributed by atoms with Crippen LogP contribution in [0.3, 0.4) is 0 Å². The highest BCUT2D eigenvalue weighted by Crippen LogP contribution is 2.35. The second kappa shape index (κ2) is 8.34.